The van der Waals surface area contributed by atoms with E-state index in [1.807, 2.05) is 0 Å². The molecule has 0 heterocycles. The van der Waals surface area contributed by atoms with Gasteiger partial charge in [0.1, 0.15) is 0 Å². The van der Waals surface area contributed by atoms with Crippen LogP contribution in [0.4, 0.5) is 11.4 Å². The summed E-state index contributed by atoms with van der Waals surface area (Å²) in [6.07, 6.45) is 4.53. The molecule has 0 amide bonds. The molecule has 0 bridgehead atoms. The molecule has 0 aromatic heterocycles. The van der Waals surface area contributed by atoms with Crippen molar-refractivity contribution in [3.8, 4) is 0 Å². The lowest BCUT2D eigenvalue weighted by atomic mass is 9.78. The summed E-state index contributed by atoms with van der Waals surface area (Å²) in [5.41, 5.74) is 18.5. The lowest BCUT2D eigenvalue weighted by Gasteiger charge is -2.27. The Labute approximate surface area is 356 Å². The SMILES string of the molecule is CCCCCc1cc(C)cc(C)c1N=C1C(=Nc2c(C(c3ccccc3)c3ccccc3)cc(C)cc2C(c2ccccc2)c2ccccc2)c2cccc3cccc1c23. The molecule has 2 heteroatoms. The summed E-state index contributed by atoms with van der Waals surface area (Å²) in [5.74, 6) is -0.135. The van der Waals surface area contributed by atoms with Gasteiger partial charge >= 0.3 is 0 Å². The van der Waals surface area contributed by atoms with Crippen LogP contribution in [-0.4, -0.2) is 11.4 Å². The second-order valence-electron chi connectivity index (χ2n) is 16.5. The van der Waals surface area contributed by atoms with Crippen molar-refractivity contribution < 1.29 is 0 Å². The smallest absolute Gasteiger partial charge is 0.0979 e. The minimum atomic E-state index is -0.0675. The van der Waals surface area contributed by atoms with E-state index >= 15 is 0 Å². The first-order valence-corrected chi connectivity index (χ1v) is 21.6. The third-order valence-electron chi connectivity index (χ3n) is 12.1. The highest BCUT2D eigenvalue weighted by molar-refractivity contribution is 6.61. The Balaban J connectivity index is 1.39. The summed E-state index contributed by atoms with van der Waals surface area (Å²) < 4.78 is 0. The van der Waals surface area contributed by atoms with E-state index in [2.05, 4.69) is 210 Å². The topological polar surface area (TPSA) is 24.7 Å². The van der Waals surface area contributed by atoms with E-state index in [9.17, 15) is 0 Å². The maximum Gasteiger partial charge on any atom is 0.0979 e. The summed E-state index contributed by atoms with van der Waals surface area (Å²) in [6, 6.07) is 66.5. The number of hydrogen-bond acceptors (Lipinski definition) is 2. The Morgan fingerprint density at radius 2 is 0.867 bits per heavy atom. The highest BCUT2D eigenvalue weighted by Gasteiger charge is 2.32. The molecule has 60 heavy (non-hydrogen) atoms. The summed E-state index contributed by atoms with van der Waals surface area (Å²) in [5, 5.41) is 2.42. The van der Waals surface area contributed by atoms with Crippen molar-refractivity contribution in [2.24, 2.45) is 9.98 Å². The van der Waals surface area contributed by atoms with Gasteiger partial charge in [-0.3, -0.25) is 0 Å². The summed E-state index contributed by atoms with van der Waals surface area (Å²) >= 11 is 0. The number of benzene rings is 8. The van der Waals surface area contributed by atoms with Crippen LogP contribution < -0.4 is 0 Å². The molecule has 0 radical (unpaired) electrons. The van der Waals surface area contributed by atoms with Gasteiger partial charge < -0.3 is 0 Å². The molecular weight excluding hydrogens is 725 g/mol. The fourth-order valence-corrected chi connectivity index (χ4v) is 9.49. The van der Waals surface area contributed by atoms with Gasteiger partial charge in [0.05, 0.1) is 22.8 Å². The molecular formula is C58H52N2. The summed E-state index contributed by atoms with van der Waals surface area (Å²) in [7, 11) is 0. The van der Waals surface area contributed by atoms with Crippen LogP contribution in [0.15, 0.2) is 192 Å². The van der Waals surface area contributed by atoms with Crippen LogP contribution in [0.3, 0.4) is 0 Å². The predicted molar refractivity (Wildman–Crippen MR) is 254 cm³/mol. The van der Waals surface area contributed by atoms with Gasteiger partial charge in [0.2, 0.25) is 0 Å². The average molecular weight is 777 g/mol. The van der Waals surface area contributed by atoms with Crippen molar-refractivity contribution in [2.45, 2.75) is 65.2 Å². The molecule has 0 atom stereocenters. The van der Waals surface area contributed by atoms with Gasteiger partial charge in [-0.25, -0.2) is 9.98 Å². The van der Waals surface area contributed by atoms with Crippen molar-refractivity contribution in [3.05, 3.63) is 249 Å². The normalized spacial score (nSPS) is 13.6. The average Bonchev–Trinajstić information content (AvgIpc) is 3.57. The summed E-state index contributed by atoms with van der Waals surface area (Å²) in [4.78, 5) is 11.9. The second kappa shape index (κ2) is 17.3. The van der Waals surface area contributed by atoms with Crippen LogP contribution in [-0.2, 0) is 6.42 Å². The van der Waals surface area contributed by atoms with Gasteiger partial charge in [-0.15, -0.1) is 0 Å². The molecule has 0 unspecified atom stereocenters. The quantitative estimate of drug-likeness (QED) is 0.0872. The highest BCUT2D eigenvalue weighted by atomic mass is 14.9. The van der Waals surface area contributed by atoms with E-state index in [1.165, 1.54) is 79.2 Å². The van der Waals surface area contributed by atoms with Crippen LogP contribution in [0.2, 0.25) is 0 Å². The molecule has 0 N–H and O–H groups in total. The van der Waals surface area contributed by atoms with Crippen LogP contribution in [0.5, 0.6) is 0 Å². The van der Waals surface area contributed by atoms with Gasteiger partial charge in [-0.05, 0) is 83.5 Å². The second-order valence-corrected chi connectivity index (χ2v) is 16.5. The van der Waals surface area contributed by atoms with Crippen LogP contribution in [0, 0.1) is 20.8 Å². The largest absolute Gasteiger partial charge is 0.246 e. The number of hydrogen-bond donors (Lipinski definition) is 0. The van der Waals surface area contributed by atoms with Crippen molar-refractivity contribution >= 4 is 33.6 Å². The Morgan fingerprint density at radius 1 is 0.433 bits per heavy atom. The Kier molecular flexibility index (Phi) is 11.2. The molecule has 0 aliphatic heterocycles. The molecule has 0 spiro atoms. The van der Waals surface area contributed by atoms with E-state index in [-0.39, 0.29) is 11.8 Å². The number of rotatable bonds is 12. The molecule has 0 fully saturated rings. The van der Waals surface area contributed by atoms with E-state index in [4.69, 9.17) is 9.98 Å². The van der Waals surface area contributed by atoms with Crippen LogP contribution >= 0.6 is 0 Å². The van der Waals surface area contributed by atoms with Crippen molar-refractivity contribution in [1.82, 2.24) is 0 Å². The van der Waals surface area contributed by atoms with Gasteiger partial charge in [0.25, 0.3) is 0 Å². The first-order valence-electron chi connectivity index (χ1n) is 21.6. The molecule has 2 nitrogen and oxygen atoms in total. The lowest BCUT2D eigenvalue weighted by molar-refractivity contribution is 0.717. The number of nitrogens with zero attached hydrogens (tertiary/aromatic N) is 2. The molecule has 1 aliphatic carbocycles. The van der Waals surface area contributed by atoms with Crippen LogP contribution in [0.25, 0.3) is 10.8 Å². The highest BCUT2D eigenvalue weighted by Crippen LogP contribution is 2.47. The first-order chi connectivity index (χ1) is 29.5. The molecule has 9 rings (SSSR count). The van der Waals surface area contributed by atoms with Gasteiger partial charge in [-0.2, -0.15) is 0 Å². The number of aryl methyl sites for hydroxylation is 4. The van der Waals surface area contributed by atoms with E-state index in [1.54, 1.807) is 0 Å². The molecule has 8 aromatic carbocycles. The first kappa shape index (κ1) is 38.9. The monoisotopic (exact) mass is 776 g/mol. The standard InChI is InChI=1S/C58H52N2/c1-5-6-11-30-47-36-39(2)35-41(4)55(47)59-57-48-33-20-31-46-32-21-34-49(54(46)48)58(57)60-56-50(52(42-22-12-7-13-23-42)43-24-14-8-15-25-43)37-40(3)38-51(56)53(44-26-16-9-17-27-44)45-28-18-10-19-29-45/h7-10,12-29,31-38,52-53H,5-6,11,30H2,1-4H3. The molecule has 0 saturated carbocycles. The Morgan fingerprint density at radius 3 is 1.32 bits per heavy atom. The zero-order chi connectivity index (χ0) is 41.0. The Bertz CT molecular complexity index is 2650. The Hall–Kier alpha value is -6.64. The molecule has 8 aromatic rings. The third kappa shape index (κ3) is 7.66. The maximum absolute atomic E-state index is 6.10. The minimum Gasteiger partial charge on any atom is -0.246 e. The fraction of sp³-hybridized carbons (Fsp3) is 0.172. The lowest BCUT2D eigenvalue weighted by Crippen LogP contribution is -2.14. The number of aliphatic imine (C=N–C) groups is 2. The van der Waals surface area contributed by atoms with E-state index < -0.39 is 0 Å². The van der Waals surface area contributed by atoms with Crippen molar-refractivity contribution in [3.63, 3.8) is 0 Å². The maximum atomic E-state index is 6.10. The molecule has 1 aliphatic rings. The van der Waals surface area contributed by atoms with Gasteiger partial charge in [0.15, 0.2) is 0 Å². The van der Waals surface area contributed by atoms with Gasteiger partial charge in [0, 0.05) is 28.3 Å². The van der Waals surface area contributed by atoms with E-state index in [0.29, 0.717) is 0 Å². The van der Waals surface area contributed by atoms with E-state index in [0.717, 1.165) is 46.8 Å². The third-order valence-corrected chi connectivity index (χ3v) is 12.1. The van der Waals surface area contributed by atoms with Gasteiger partial charge in [-0.1, -0.05) is 213 Å². The zero-order valence-corrected chi connectivity index (χ0v) is 35.2. The van der Waals surface area contributed by atoms with Crippen molar-refractivity contribution in [2.75, 3.05) is 0 Å². The minimum absolute atomic E-state index is 0.0675. The fourth-order valence-electron chi connectivity index (χ4n) is 9.49. The summed E-state index contributed by atoms with van der Waals surface area (Å²) in [6.45, 7) is 8.94. The predicted octanol–water partition coefficient (Wildman–Crippen LogP) is 15.1. The van der Waals surface area contributed by atoms with Crippen molar-refractivity contribution in [1.29, 1.82) is 0 Å². The number of unbranched alkanes of at least 4 members (excludes halogenated alkanes) is 2. The molecule has 0 saturated heterocycles. The van der Waals surface area contributed by atoms with Crippen LogP contribution in [0.1, 0.15) is 105 Å². The zero-order valence-electron chi connectivity index (χ0n) is 35.2. The molecule has 294 valence electrons.